The molecule has 2 saturated heterocycles. The molecule has 0 aliphatic carbocycles. The minimum atomic E-state index is 0.0104. The third-order valence-corrected chi connectivity index (χ3v) is 5.35. The smallest absolute Gasteiger partial charge is 0.240 e. The van der Waals surface area contributed by atoms with Crippen molar-refractivity contribution in [2.45, 2.75) is 38.3 Å². The van der Waals surface area contributed by atoms with E-state index in [0.717, 1.165) is 31.7 Å². The Hall–Kier alpha value is -0.260. The van der Waals surface area contributed by atoms with Gasteiger partial charge in [0.05, 0.1) is 12.6 Å². The van der Waals surface area contributed by atoms with Crippen LogP contribution >= 0.6 is 11.8 Å². The zero-order valence-electron chi connectivity index (χ0n) is 12.1. The number of hydrogen-bond donors (Lipinski definition) is 1. The van der Waals surface area contributed by atoms with Gasteiger partial charge in [0.1, 0.15) is 0 Å². The first-order chi connectivity index (χ1) is 9.24. The first kappa shape index (κ1) is 15.1. The van der Waals surface area contributed by atoms with Crippen LogP contribution in [0.15, 0.2) is 0 Å². The second-order valence-electron chi connectivity index (χ2n) is 5.59. The molecular formula is C14H26N2O2S. The number of amides is 1. The lowest BCUT2D eigenvalue weighted by Crippen LogP contribution is -2.55. The van der Waals surface area contributed by atoms with Crippen LogP contribution in [0.1, 0.15) is 26.2 Å². The lowest BCUT2D eigenvalue weighted by atomic mass is 9.91. The third kappa shape index (κ3) is 3.86. The number of rotatable bonds is 5. The van der Waals surface area contributed by atoms with Crippen LogP contribution in [0.25, 0.3) is 0 Å². The van der Waals surface area contributed by atoms with Crippen molar-refractivity contribution in [3.8, 4) is 0 Å². The van der Waals surface area contributed by atoms with Gasteiger partial charge in [0.2, 0.25) is 5.91 Å². The topological polar surface area (TPSA) is 41.6 Å². The molecule has 2 rings (SSSR count). The van der Waals surface area contributed by atoms with E-state index >= 15 is 0 Å². The Kier molecular flexibility index (Phi) is 5.98. The van der Waals surface area contributed by atoms with E-state index in [1.807, 2.05) is 11.8 Å². The summed E-state index contributed by atoms with van der Waals surface area (Å²) in [6.45, 7) is 4.52. The summed E-state index contributed by atoms with van der Waals surface area (Å²) in [5, 5.41) is 3.41. The van der Waals surface area contributed by atoms with Crippen molar-refractivity contribution >= 4 is 17.7 Å². The van der Waals surface area contributed by atoms with E-state index in [-0.39, 0.29) is 11.9 Å². The molecule has 1 N–H and O–H groups in total. The van der Waals surface area contributed by atoms with Crippen LogP contribution in [0.3, 0.4) is 0 Å². The van der Waals surface area contributed by atoms with Crippen LogP contribution in [0.5, 0.6) is 0 Å². The third-order valence-electron chi connectivity index (χ3n) is 4.20. The fraction of sp³-hybridized carbons (Fsp3) is 0.929. The first-order valence-electron chi connectivity index (χ1n) is 7.34. The molecule has 19 heavy (non-hydrogen) atoms. The number of methoxy groups -OCH3 is 1. The highest BCUT2D eigenvalue weighted by Crippen LogP contribution is 2.25. The van der Waals surface area contributed by atoms with E-state index in [4.69, 9.17) is 4.74 Å². The number of nitrogens with one attached hydrogen (secondary N) is 1. The van der Waals surface area contributed by atoms with Crippen molar-refractivity contribution in [3.63, 3.8) is 0 Å². The van der Waals surface area contributed by atoms with Crippen LogP contribution in [-0.4, -0.2) is 61.2 Å². The second-order valence-corrected chi connectivity index (χ2v) is 6.74. The molecule has 0 aromatic rings. The monoisotopic (exact) mass is 286 g/mol. The first-order valence-corrected chi connectivity index (χ1v) is 8.50. The van der Waals surface area contributed by atoms with E-state index in [2.05, 4.69) is 17.1 Å². The largest absolute Gasteiger partial charge is 0.383 e. The SMILES string of the molecule is COCCN(C(=O)C1NCCCC1C)C1CCSC1. The number of hydrogen-bond acceptors (Lipinski definition) is 4. The van der Waals surface area contributed by atoms with E-state index in [1.165, 1.54) is 12.2 Å². The minimum Gasteiger partial charge on any atom is -0.383 e. The van der Waals surface area contributed by atoms with Gasteiger partial charge in [-0.05, 0) is 37.5 Å². The van der Waals surface area contributed by atoms with Crippen LogP contribution < -0.4 is 5.32 Å². The number of carbonyl (C=O) groups is 1. The predicted molar refractivity (Wildman–Crippen MR) is 79.5 cm³/mol. The van der Waals surface area contributed by atoms with Gasteiger partial charge in [-0.1, -0.05) is 6.92 Å². The van der Waals surface area contributed by atoms with Gasteiger partial charge in [-0.2, -0.15) is 11.8 Å². The quantitative estimate of drug-likeness (QED) is 0.828. The standard InChI is InChI=1S/C14H26N2O2S/c1-11-4-3-6-15-13(11)14(17)16(7-8-18-2)12-5-9-19-10-12/h11-13,15H,3-10H2,1-2H3. The van der Waals surface area contributed by atoms with Crippen molar-refractivity contribution in [1.82, 2.24) is 10.2 Å². The predicted octanol–water partition coefficient (Wildman–Crippen LogP) is 1.35. The summed E-state index contributed by atoms with van der Waals surface area (Å²) in [6, 6.07) is 0.416. The Labute approximate surface area is 120 Å². The molecule has 0 radical (unpaired) electrons. The van der Waals surface area contributed by atoms with Crippen molar-refractivity contribution in [3.05, 3.63) is 0 Å². The van der Waals surface area contributed by atoms with Crippen molar-refractivity contribution in [2.75, 3.05) is 38.3 Å². The number of nitrogens with zero attached hydrogens (tertiary/aromatic N) is 1. The molecular weight excluding hydrogens is 260 g/mol. The number of ether oxygens (including phenoxy) is 1. The molecule has 0 aromatic carbocycles. The normalized spacial score (nSPS) is 31.4. The van der Waals surface area contributed by atoms with Crippen LogP contribution in [-0.2, 0) is 9.53 Å². The summed E-state index contributed by atoms with van der Waals surface area (Å²) < 4.78 is 5.18. The molecule has 0 aromatic heterocycles. The van der Waals surface area contributed by atoms with Crippen LogP contribution in [0.4, 0.5) is 0 Å². The summed E-state index contributed by atoms with van der Waals surface area (Å²) in [4.78, 5) is 14.9. The Morgan fingerprint density at radius 1 is 1.47 bits per heavy atom. The van der Waals surface area contributed by atoms with Gasteiger partial charge < -0.3 is 15.0 Å². The highest BCUT2D eigenvalue weighted by molar-refractivity contribution is 7.99. The fourth-order valence-corrected chi connectivity index (χ4v) is 4.21. The molecule has 0 bridgehead atoms. The molecule has 2 aliphatic heterocycles. The molecule has 5 heteroatoms. The molecule has 1 amide bonds. The molecule has 4 nitrogen and oxygen atoms in total. The minimum absolute atomic E-state index is 0.0104. The number of carbonyl (C=O) groups excluding carboxylic acids is 1. The fourth-order valence-electron chi connectivity index (χ4n) is 2.99. The van der Waals surface area contributed by atoms with E-state index < -0.39 is 0 Å². The maximum atomic E-state index is 12.8. The van der Waals surface area contributed by atoms with E-state index in [9.17, 15) is 4.79 Å². The zero-order chi connectivity index (χ0) is 13.7. The summed E-state index contributed by atoms with van der Waals surface area (Å²) in [6.07, 6.45) is 3.46. The molecule has 2 aliphatic rings. The van der Waals surface area contributed by atoms with Crippen molar-refractivity contribution < 1.29 is 9.53 Å². The summed E-state index contributed by atoms with van der Waals surface area (Å²) >= 11 is 1.95. The maximum absolute atomic E-state index is 12.8. The number of piperidine rings is 1. The van der Waals surface area contributed by atoms with Gasteiger partial charge >= 0.3 is 0 Å². The van der Waals surface area contributed by atoms with Gasteiger partial charge in [0.15, 0.2) is 0 Å². The molecule has 0 spiro atoms. The van der Waals surface area contributed by atoms with Crippen molar-refractivity contribution in [1.29, 1.82) is 0 Å². The second kappa shape index (κ2) is 7.50. The van der Waals surface area contributed by atoms with E-state index in [0.29, 0.717) is 18.6 Å². The van der Waals surface area contributed by atoms with Crippen molar-refractivity contribution in [2.24, 2.45) is 5.92 Å². The lowest BCUT2D eigenvalue weighted by molar-refractivity contribution is -0.138. The molecule has 2 fully saturated rings. The van der Waals surface area contributed by atoms with Gasteiger partial charge in [-0.25, -0.2) is 0 Å². The van der Waals surface area contributed by atoms with Gasteiger partial charge in [0.25, 0.3) is 0 Å². The summed E-state index contributed by atoms with van der Waals surface area (Å²) in [7, 11) is 1.70. The van der Waals surface area contributed by atoms with Gasteiger partial charge in [0, 0.05) is 25.4 Å². The van der Waals surface area contributed by atoms with Gasteiger partial charge in [-0.3, -0.25) is 4.79 Å². The lowest BCUT2D eigenvalue weighted by Gasteiger charge is -2.36. The molecule has 3 atom stereocenters. The Morgan fingerprint density at radius 3 is 2.95 bits per heavy atom. The zero-order valence-corrected chi connectivity index (χ0v) is 12.9. The maximum Gasteiger partial charge on any atom is 0.240 e. The average Bonchev–Trinajstić information content (AvgIpc) is 2.93. The highest BCUT2D eigenvalue weighted by Gasteiger charge is 2.34. The highest BCUT2D eigenvalue weighted by atomic mass is 32.2. The van der Waals surface area contributed by atoms with Crippen LogP contribution in [0, 0.1) is 5.92 Å². The Bertz CT molecular complexity index is 295. The van der Waals surface area contributed by atoms with Crippen LogP contribution in [0.2, 0.25) is 0 Å². The Morgan fingerprint density at radius 2 is 2.32 bits per heavy atom. The van der Waals surface area contributed by atoms with Gasteiger partial charge in [-0.15, -0.1) is 0 Å². The molecule has 3 unspecified atom stereocenters. The average molecular weight is 286 g/mol. The number of thioether (sulfide) groups is 1. The Balaban J connectivity index is 2.00. The molecule has 2 heterocycles. The molecule has 110 valence electrons. The van der Waals surface area contributed by atoms with E-state index in [1.54, 1.807) is 7.11 Å². The summed E-state index contributed by atoms with van der Waals surface area (Å²) in [5.74, 6) is 2.99. The molecule has 0 saturated carbocycles. The summed E-state index contributed by atoms with van der Waals surface area (Å²) in [5.41, 5.74) is 0.